The molecule has 3 N–H and O–H groups in total. The van der Waals surface area contributed by atoms with E-state index in [2.05, 4.69) is 57.7 Å². The van der Waals surface area contributed by atoms with Gasteiger partial charge in [0.15, 0.2) is 0 Å². The van der Waals surface area contributed by atoms with Gasteiger partial charge in [-0.25, -0.2) is 19.7 Å². The molecule has 0 bridgehead atoms. The van der Waals surface area contributed by atoms with Crippen molar-refractivity contribution in [3.8, 4) is 11.5 Å². The van der Waals surface area contributed by atoms with Gasteiger partial charge in [-0.15, -0.1) is 0 Å². The maximum Gasteiger partial charge on any atom is 0.327 e. The molecular weight excluding hydrogens is 771 g/mol. The Morgan fingerprint density at radius 1 is 0.877 bits per heavy atom. The number of hydrogen-bond donors (Lipinski definition) is 3. The fourth-order valence-corrected chi connectivity index (χ4v) is 8.12. The first-order valence-corrected chi connectivity index (χ1v) is 19.7. The monoisotopic (exact) mass is 816 g/mol. The van der Waals surface area contributed by atoms with E-state index < -0.39 is 6.03 Å². The predicted octanol–water partition coefficient (Wildman–Crippen LogP) is 6.17. The van der Waals surface area contributed by atoms with Gasteiger partial charge in [-0.3, -0.25) is 24.7 Å². The second-order valence-corrected chi connectivity index (χ2v) is 15.1. The van der Waals surface area contributed by atoms with Crippen molar-refractivity contribution < 1.29 is 23.9 Å². The van der Waals surface area contributed by atoms with Crippen LogP contribution in [0.4, 0.5) is 39.3 Å². The van der Waals surface area contributed by atoms with Crippen LogP contribution in [0.2, 0.25) is 10.0 Å². The highest BCUT2D eigenvalue weighted by atomic mass is 35.5. The van der Waals surface area contributed by atoms with Crippen molar-refractivity contribution in [2.24, 2.45) is 5.92 Å². The van der Waals surface area contributed by atoms with Crippen LogP contribution in [-0.2, 0) is 9.59 Å². The van der Waals surface area contributed by atoms with Crippen LogP contribution in [0, 0.1) is 5.92 Å². The lowest BCUT2D eigenvalue weighted by molar-refractivity contribution is -0.134. The van der Waals surface area contributed by atoms with E-state index in [4.69, 9.17) is 32.7 Å². The van der Waals surface area contributed by atoms with Crippen molar-refractivity contribution in [2.45, 2.75) is 31.6 Å². The quantitative estimate of drug-likeness (QED) is 0.148. The SMILES string of the molecule is COc1cc(OC)c(Cl)c(NC(=O)N(C)c2cc(Nc3ccc(N4CCN(CC5CCN(c6cc(C7CCC(=O)NC7=O)ccn6)CC5)CC4)cc3)ncn2)c1Cl. The number of pyridine rings is 1. The highest BCUT2D eigenvalue weighted by Crippen LogP contribution is 2.44. The molecule has 1 atom stereocenters. The topological polar surface area (TPSA) is 157 Å². The van der Waals surface area contributed by atoms with Gasteiger partial charge in [0.05, 0.1) is 25.8 Å². The summed E-state index contributed by atoms with van der Waals surface area (Å²) in [5, 5.41) is 8.78. The average Bonchev–Trinajstić information content (AvgIpc) is 3.23. The summed E-state index contributed by atoms with van der Waals surface area (Å²) < 4.78 is 10.6. The normalized spacial score (nSPS) is 17.9. The largest absolute Gasteiger partial charge is 0.495 e. The zero-order chi connectivity index (χ0) is 40.1. The number of anilines is 6. The smallest absolute Gasteiger partial charge is 0.327 e. The number of aromatic nitrogens is 3. The van der Waals surface area contributed by atoms with E-state index in [1.54, 1.807) is 25.4 Å². The third kappa shape index (κ3) is 9.27. The Hall–Kier alpha value is -5.38. The van der Waals surface area contributed by atoms with Crippen molar-refractivity contribution in [2.75, 3.05) is 92.4 Å². The van der Waals surface area contributed by atoms with Gasteiger partial charge in [0, 0.05) is 89.0 Å². The molecule has 2 aromatic heterocycles. The van der Waals surface area contributed by atoms with Gasteiger partial charge >= 0.3 is 6.03 Å². The molecule has 57 heavy (non-hydrogen) atoms. The van der Waals surface area contributed by atoms with E-state index in [9.17, 15) is 14.4 Å². The lowest BCUT2D eigenvalue weighted by atomic mass is 9.91. The summed E-state index contributed by atoms with van der Waals surface area (Å²) in [6.07, 6.45) is 6.26. The average molecular weight is 818 g/mol. The molecule has 3 saturated heterocycles. The molecule has 0 aliphatic carbocycles. The minimum absolute atomic E-state index is 0.139. The van der Waals surface area contributed by atoms with Crippen LogP contribution in [0.5, 0.6) is 11.5 Å². The molecular formula is C40H46Cl2N10O5. The Labute approximate surface area is 341 Å². The van der Waals surface area contributed by atoms with E-state index >= 15 is 0 Å². The third-order valence-electron chi connectivity index (χ3n) is 10.8. The van der Waals surface area contributed by atoms with Crippen molar-refractivity contribution >= 4 is 75.6 Å². The van der Waals surface area contributed by atoms with E-state index in [1.165, 1.54) is 25.4 Å². The Balaban J connectivity index is 0.869. The number of rotatable bonds is 11. The Bertz CT molecular complexity index is 2060. The Morgan fingerprint density at radius 3 is 2.25 bits per heavy atom. The van der Waals surface area contributed by atoms with Crippen molar-refractivity contribution in [1.82, 2.24) is 25.2 Å². The highest BCUT2D eigenvalue weighted by Gasteiger charge is 2.30. The zero-order valence-corrected chi connectivity index (χ0v) is 33.6. The molecule has 4 aromatic rings. The zero-order valence-electron chi connectivity index (χ0n) is 32.1. The van der Waals surface area contributed by atoms with Crippen LogP contribution in [-0.4, -0.2) is 105 Å². The molecule has 17 heteroatoms. The summed E-state index contributed by atoms with van der Waals surface area (Å²) in [6.45, 7) is 6.86. The number of methoxy groups -OCH3 is 2. The lowest BCUT2D eigenvalue weighted by Crippen LogP contribution is -2.49. The number of amides is 4. The number of nitrogens with zero attached hydrogens (tertiary/aromatic N) is 7. The summed E-state index contributed by atoms with van der Waals surface area (Å²) in [7, 11) is 4.49. The number of carbonyl (C=O) groups excluding carboxylic acids is 3. The summed E-state index contributed by atoms with van der Waals surface area (Å²) >= 11 is 12.9. The number of benzene rings is 2. The molecule has 1 unspecified atom stereocenters. The van der Waals surface area contributed by atoms with Crippen molar-refractivity contribution in [1.29, 1.82) is 0 Å². The molecule has 3 aliphatic heterocycles. The van der Waals surface area contributed by atoms with Gasteiger partial charge < -0.3 is 29.9 Å². The van der Waals surface area contributed by atoms with Gasteiger partial charge in [-0.2, -0.15) is 0 Å². The third-order valence-corrected chi connectivity index (χ3v) is 11.6. The maximum atomic E-state index is 13.2. The minimum Gasteiger partial charge on any atom is -0.495 e. The van der Waals surface area contributed by atoms with Crippen LogP contribution in [0.1, 0.15) is 37.2 Å². The molecule has 7 rings (SSSR count). The molecule has 0 saturated carbocycles. The van der Waals surface area contributed by atoms with Crippen LogP contribution < -0.4 is 40.1 Å². The minimum atomic E-state index is -0.530. The number of urea groups is 1. The first-order valence-electron chi connectivity index (χ1n) is 19.0. The van der Waals surface area contributed by atoms with Crippen LogP contribution in [0.15, 0.2) is 61.1 Å². The number of carbonyl (C=O) groups is 3. The molecule has 5 heterocycles. The van der Waals surface area contributed by atoms with E-state index in [-0.39, 0.29) is 33.5 Å². The molecule has 2 aromatic carbocycles. The van der Waals surface area contributed by atoms with Gasteiger partial charge in [0.25, 0.3) is 0 Å². The molecule has 15 nitrogen and oxygen atoms in total. The summed E-state index contributed by atoms with van der Waals surface area (Å²) in [5.74, 6) is 2.28. The van der Waals surface area contributed by atoms with Gasteiger partial charge in [-0.05, 0) is 67.1 Å². The molecule has 3 fully saturated rings. The van der Waals surface area contributed by atoms with E-state index in [0.717, 1.165) is 81.4 Å². The van der Waals surface area contributed by atoms with Crippen LogP contribution >= 0.6 is 23.2 Å². The number of nitrogens with one attached hydrogen (secondary N) is 3. The standard InChI is InChI=1S/C40H46Cl2N10O5/c1-49(40(55)48-38-36(41)30(56-2)21-31(57-3)37(38)42)33-22-32(44-24-45-33)46-27-4-6-28(7-5-27)51-18-16-50(17-19-51)23-25-11-14-52(15-12-25)34-20-26(10-13-43-34)29-8-9-35(53)47-39(29)54/h4-7,10,13,20-22,24-25,29H,8-9,11-12,14-19,23H2,1-3H3,(H,48,55)(H,44,45,46)(H,47,53,54). The molecule has 4 amide bonds. The summed E-state index contributed by atoms with van der Waals surface area (Å²) in [6, 6.07) is 14.8. The van der Waals surface area contributed by atoms with Gasteiger partial charge in [0.2, 0.25) is 11.8 Å². The van der Waals surface area contributed by atoms with E-state index in [0.29, 0.717) is 41.9 Å². The highest BCUT2D eigenvalue weighted by molar-refractivity contribution is 6.41. The molecule has 0 spiro atoms. The van der Waals surface area contributed by atoms with Crippen molar-refractivity contribution in [3.05, 3.63) is 76.7 Å². The lowest BCUT2D eigenvalue weighted by Gasteiger charge is -2.40. The van der Waals surface area contributed by atoms with Gasteiger partial charge in [-0.1, -0.05) is 23.2 Å². The fraction of sp³-hybridized carbons (Fsp3) is 0.400. The molecule has 0 radical (unpaired) electrons. The molecule has 300 valence electrons. The van der Waals surface area contributed by atoms with Crippen molar-refractivity contribution in [3.63, 3.8) is 0 Å². The summed E-state index contributed by atoms with van der Waals surface area (Å²) in [4.78, 5) is 59.1. The van der Waals surface area contributed by atoms with Gasteiger partial charge in [0.1, 0.15) is 45.3 Å². The number of ether oxygens (including phenoxy) is 2. The molecule has 3 aliphatic rings. The number of piperazine rings is 1. The predicted molar refractivity (Wildman–Crippen MR) is 222 cm³/mol. The van der Waals surface area contributed by atoms with E-state index in [1.807, 2.05) is 24.3 Å². The number of piperidine rings is 2. The number of imide groups is 1. The second-order valence-electron chi connectivity index (χ2n) is 14.4. The first kappa shape index (κ1) is 39.8. The number of hydrogen-bond acceptors (Lipinski definition) is 12. The summed E-state index contributed by atoms with van der Waals surface area (Å²) in [5.41, 5.74) is 3.09. The Morgan fingerprint density at radius 2 is 1.58 bits per heavy atom. The second kappa shape index (κ2) is 17.8. The fourth-order valence-electron chi connectivity index (χ4n) is 7.53. The first-order chi connectivity index (χ1) is 27.6. The Kier molecular flexibility index (Phi) is 12.5. The van der Waals surface area contributed by atoms with Crippen LogP contribution in [0.25, 0.3) is 0 Å². The van der Waals surface area contributed by atoms with Crippen LogP contribution in [0.3, 0.4) is 0 Å². The number of halogens is 2. The maximum absolute atomic E-state index is 13.2.